The van der Waals surface area contributed by atoms with Gasteiger partial charge in [-0.1, -0.05) is 11.6 Å². The van der Waals surface area contributed by atoms with E-state index < -0.39 is 22.6 Å². The van der Waals surface area contributed by atoms with Gasteiger partial charge in [0, 0.05) is 24.5 Å². The van der Waals surface area contributed by atoms with Crippen LogP contribution in [0.3, 0.4) is 0 Å². The standard InChI is InChI=1S/C14H9ClF3N5/c1-23-14(20-8-4-9(16)12(15)10(17)5-8)21-13(22-23)7-2-3-11(18)19-6-7/h2-6H,1H3,(H,20,21,22). The maximum atomic E-state index is 13.5. The molecule has 5 nitrogen and oxygen atoms in total. The molecule has 0 radical (unpaired) electrons. The molecule has 118 valence electrons. The lowest BCUT2D eigenvalue weighted by molar-refractivity contribution is 0.583. The molecule has 0 unspecified atom stereocenters. The van der Waals surface area contributed by atoms with Crippen molar-refractivity contribution in [2.75, 3.05) is 5.32 Å². The molecule has 0 saturated carbocycles. The van der Waals surface area contributed by atoms with E-state index in [9.17, 15) is 13.2 Å². The number of nitrogens with one attached hydrogen (secondary N) is 1. The zero-order valence-corrected chi connectivity index (χ0v) is 12.4. The Labute approximate surface area is 133 Å². The fourth-order valence-electron chi connectivity index (χ4n) is 1.88. The number of halogens is 4. The van der Waals surface area contributed by atoms with Crippen molar-refractivity contribution in [1.82, 2.24) is 19.7 Å². The number of nitrogens with zero attached hydrogens (tertiary/aromatic N) is 4. The monoisotopic (exact) mass is 339 g/mol. The molecule has 0 saturated heterocycles. The van der Waals surface area contributed by atoms with Gasteiger partial charge in [0.05, 0.1) is 0 Å². The highest BCUT2D eigenvalue weighted by molar-refractivity contribution is 6.30. The van der Waals surface area contributed by atoms with E-state index >= 15 is 0 Å². The van der Waals surface area contributed by atoms with Crippen LogP contribution in [0.5, 0.6) is 0 Å². The fourth-order valence-corrected chi connectivity index (χ4v) is 1.99. The van der Waals surface area contributed by atoms with Crippen LogP contribution in [0.4, 0.5) is 24.8 Å². The van der Waals surface area contributed by atoms with Crippen molar-refractivity contribution in [3.8, 4) is 11.4 Å². The topological polar surface area (TPSA) is 55.6 Å². The van der Waals surface area contributed by atoms with Crippen LogP contribution in [0.15, 0.2) is 30.5 Å². The van der Waals surface area contributed by atoms with Gasteiger partial charge < -0.3 is 5.32 Å². The Morgan fingerprint density at radius 2 is 1.83 bits per heavy atom. The largest absolute Gasteiger partial charge is 0.324 e. The van der Waals surface area contributed by atoms with E-state index in [1.165, 1.54) is 23.0 Å². The summed E-state index contributed by atoms with van der Waals surface area (Å²) in [7, 11) is 1.60. The first-order valence-corrected chi connectivity index (χ1v) is 6.76. The average molecular weight is 340 g/mol. The second kappa shape index (κ2) is 5.88. The van der Waals surface area contributed by atoms with E-state index in [1.54, 1.807) is 7.05 Å². The van der Waals surface area contributed by atoms with E-state index in [-0.39, 0.29) is 17.5 Å². The molecule has 9 heteroatoms. The zero-order chi connectivity index (χ0) is 16.6. The minimum Gasteiger partial charge on any atom is -0.324 e. The highest BCUT2D eigenvalue weighted by Crippen LogP contribution is 2.25. The number of benzene rings is 1. The van der Waals surface area contributed by atoms with Crippen LogP contribution in [0.25, 0.3) is 11.4 Å². The van der Waals surface area contributed by atoms with E-state index in [0.717, 1.165) is 12.1 Å². The third-order valence-electron chi connectivity index (χ3n) is 2.99. The molecule has 0 bridgehead atoms. The number of hydrogen-bond acceptors (Lipinski definition) is 4. The van der Waals surface area contributed by atoms with E-state index in [0.29, 0.717) is 5.56 Å². The summed E-state index contributed by atoms with van der Waals surface area (Å²) in [6, 6.07) is 4.74. The van der Waals surface area contributed by atoms with Gasteiger partial charge in [-0.25, -0.2) is 18.4 Å². The number of aryl methyl sites for hydroxylation is 1. The molecule has 0 atom stereocenters. The van der Waals surface area contributed by atoms with E-state index in [1.807, 2.05) is 0 Å². The quantitative estimate of drug-likeness (QED) is 0.584. The lowest BCUT2D eigenvalue weighted by atomic mass is 10.3. The lowest BCUT2D eigenvalue weighted by Gasteiger charge is -2.06. The molecule has 0 aliphatic carbocycles. The summed E-state index contributed by atoms with van der Waals surface area (Å²) in [4.78, 5) is 7.71. The van der Waals surface area contributed by atoms with Gasteiger partial charge in [0.2, 0.25) is 11.9 Å². The summed E-state index contributed by atoms with van der Waals surface area (Å²) >= 11 is 5.43. The Kier molecular flexibility index (Phi) is 3.91. The molecular formula is C14H9ClF3N5. The third-order valence-corrected chi connectivity index (χ3v) is 3.35. The molecule has 23 heavy (non-hydrogen) atoms. The average Bonchev–Trinajstić information content (AvgIpc) is 2.86. The third kappa shape index (κ3) is 3.11. The molecule has 0 aliphatic heterocycles. The highest BCUT2D eigenvalue weighted by Gasteiger charge is 2.13. The minimum atomic E-state index is -0.890. The predicted octanol–water partition coefficient (Wildman–Crippen LogP) is 3.69. The lowest BCUT2D eigenvalue weighted by Crippen LogP contribution is -2.01. The van der Waals surface area contributed by atoms with Crippen molar-refractivity contribution in [3.05, 3.63) is 53.1 Å². The summed E-state index contributed by atoms with van der Waals surface area (Å²) < 4.78 is 41.1. The van der Waals surface area contributed by atoms with Gasteiger partial charge in [-0.3, -0.25) is 0 Å². The molecular weight excluding hydrogens is 331 g/mol. The molecule has 2 aromatic heterocycles. The Bertz CT molecular complexity index is 840. The van der Waals surface area contributed by atoms with Gasteiger partial charge >= 0.3 is 0 Å². The van der Waals surface area contributed by atoms with Crippen molar-refractivity contribution in [2.45, 2.75) is 0 Å². The van der Waals surface area contributed by atoms with Crippen molar-refractivity contribution >= 4 is 23.2 Å². The van der Waals surface area contributed by atoms with Crippen LogP contribution >= 0.6 is 11.6 Å². The number of anilines is 2. The summed E-state index contributed by atoms with van der Waals surface area (Å²) in [6.45, 7) is 0. The van der Waals surface area contributed by atoms with Gasteiger partial charge in [-0.15, -0.1) is 5.10 Å². The first-order chi connectivity index (χ1) is 10.9. The van der Waals surface area contributed by atoms with E-state index in [2.05, 4.69) is 20.4 Å². The number of hydrogen-bond donors (Lipinski definition) is 1. The van der Waals surface area contributed by atoms with Gasteiger partial charge in [0.25, 0.3) is 0 Å². The Balaban J connectivity index is 1.91. The Morgan fingerprint density at radius 1 is 1.13 bits per heavy atom. The smallest absolute Gasteiger partial charge is 0.225 e. The predicted molar refractivity (Wildman–Crippen MR) is 78.8 cm³/mol. The van der Waals surface area contributed by atoms with Gasteiger partial charge in [-0.2, -0.15) is 9.37 Å². The van der Waals surface area contributed by atoms with Crippen molar-refractivity contribution in [2.24, 2.45) is 7.05 Å². The van der Waals surface area contributed by atoms with Gasteiger partial charge in [0.15, 0.2) is 5.82 Å². The first-order valence-electron chi connectivity index (χ1n) is 6.38. The maximum absolute atomic E-state index is 13.5. The number of aromatic nitrogens is 4. The summed E-state index contributed by atoms with van der Waals surface area (Å²) in [5, 5.41) is 6.30. The fraction of sp³-hybridized carbons (Fsp3) is 0.0714. The SMILES string of the molecule is Cn1nc(-c2ccc(F)nc2)nc1Nc1cc(F)c(Cl)c(F)c1. The molecule has 0 aliphatic rings. The number of rotatable bonds is 3. The molecule has 3 rings (SSSR count). The van der Waals surface area contributed by atoms with Crippen LogP contribution in [0.1, 0.15) is 0 Å². The van der Waals surface area contributed by atoms with E-state index in [4.69, 9.17) is 11.6 Å². The minimum absolute atomic E-state index is 0.128. The van der Waals surface area contributed by atoms with Crippen molar-refractivity contribution in [3.63, 3.8) is 0 Å². The maximum Gasteiger partial charge on any atom is 0.225 e. The molecule has 0 fully saturated rings. The Morgan fingerprint density at radius 3 is 2.43 bits per heavy atom. The van der Waals surface area contributed by atoms with Crippen molar-refractivity contribution in [1.29, 1.82) is 0 Å². The molecule has 3 aromatic rings. The van der Waals surface area contributed by atoms with Crippen LogP contribution in [-0.4, -0.2) is 19.7 Å². The Hall–Kier alpha value is -2.61. The zero-order valence-electron chi connectivity index (χ0n) is 11.7. The van der Waals surface area contributed by atoms with Crippen LogP contribution in [0.2, 0.25) is 5.02 Å². The van der Waals surface area contributed by atoms with Gasteiger partial charge in [-0.05, 0) is 24.3 Å². The molecule has 1 N–H and O–H groups in total. The second-order valence-electron chi connectivity index (χ2n) is 4.63. The highest BCUT2D eigenvalue weighted by atomic mass is 35.5. The second-order valence-corrected chi connectivity index (χ2v) is 5.01. The summed E-state index contributed by atoms with van der Waals surface area (Å²) in [5.74, 6) is -1.86. The van der Waals surface area contributed by atoms with Gasteiger partial charge in [0.1, 0.15) is 16.7 Å². The van der Waals surface area contributed by atoms with Crippen LogP contribution < -0.4 is 5.32 Å². The summed E-state index contributed by atoms with van der Waals surface area (Å²) in [6.07, 6.45) is 1.29. The van der Waals surface area contributed by atoms with Crippen LogP contribution in [-0.2, 0) is 7.05 Å². The summed E-state index contributed by atoms with van der Waals surface area (Å²) in [5.41, 5.74) is 0.632. The molecule has 2 heterocycles. The van der Waals surface area contributed by atoms with Crippen molar-refractivity contribution < 1.29 is 13.2 Å². The molecule has 1 aromatic carbocycles. The van der Waals surface area contributed by atoms with Crippen LogP contribution in [0, 0.1) is 17.6 Å². The molecule has 0 spiro atoms. The molecule has 0 amide bonds. The normalized spacial score (nSPS) is 10.8. The first kappa shape index (κ1) is 15.3. The number of pyridine rings is 1.